The van der Waals surface area contributed by atoms with Crippen LogP contribution >= 0.6 is 23.2 Å². The van der Waals surface area contributed by atoms with Gasteiger partial charge in [-0.1, -0.05) is 29.3 Å². The molecule has 21 heavy (non-hydrogen) atoms. The molecule has 0 aliphatic rings. The van der Waals surface area contributed by atoms with Gasteiger partial charge in [-0.05, 0) is 23.8 Å². The molecule has 1 aromatic carbocycles. The molecular formula is C14H13Cl2N3O2. The second-order valence-electron chi connectivity index (χ2n) is 4.18. The van der Waals surface area contributed by atoms with Gasteiger partial charge < -0.3 is 10.1 Å². The molecule has 110 valence electrons. The third-order valence-corrected chi connectivity index (χ3v) is 3.24. The van der Waals surface area contributed by atoms with Crippen LogP contribution in [0.25, 0.3) is 0 Å². The molecule has 1 aromatic heterocycles. The number of amides is 1. The first-order chi connectivity index (χ1) is 10.2. The summed E-state index contributed by atoms with van der Waals surface area (Å²) in [5.41, 5.74) is 1.32. The number of hydrogen-bond donors (Lipinski definition) is 1. The van der Waals surface area contributed by atoms with Crippen LogP contribution in [0, 0.1) is 0 Å². The van der Waals surface area contributed by atoms with E-state index in [2.05, 4.69) is 15.5 Å². The van der Waals surface area contributed by atoms with Gasteiger partial charge in [-0.2, -0.15) is 10.2 Å². The fraction of sp³-hybridized carbons (Fsp3) is 0.214. The zero-order chi connectivity index (χ0) is 15.1. The van der Waals surface area contributed by atoms with Gasteiger partial charge in [0.25, 0.3) is 5.91 Å². The molecule has 7 heteroatoms. The molecule has 0 atom stereocenters. The predicted molar refractivity (Wildman–Crippen MR) is 80.5 cm³/mol. The molecule has 0 aliphatic heterocycles. The summed E-state index contributed by atoms with van der Waals surface area (Å²) in [5, 5.41) is 11.1. The lowest BCUT2D eigenvalue weighted by Crippen LogP contribution is -2.27. The molecule has 0 aliphatic carbocycles. The maximum Gasteiger partial charge on any atom is 0.253 e. The van der Waals surface area contributed by atoms with Crippen LogP contribution in [-0.2, 0) is 11.3 Å². The molecule has 2 rings (SSSR count). The lowest BCUT2D eigenvalue weighted by molar-refractivity contribution is 0.0900. The largest absolute Gasteiger partial charge is 0.375 e. The van der Waals surface area contributed by atoms with E-state index in [0.29, 0.717) is 35.4 Å². The summed E-state index contributed by atoms with van der Waals surface area (Å²) in [7, 11) is 0. The quantitative estimate of drug-likeness (QED) is 0.829. The highest BCUT2D eigenvalue weighted by Gasteiger charge is 2.05. The first-order valence-corrected chi connectivity index (χ1v) is 6.99. The standard InChI is InChI=1S/C14H13Cl2N3O2/c15-12-2-1-11(13(16)7-12)9-21-6-5-17-14(20)10-3-4-18-19-8-10/h1-4,7-8H,5-6,9H2,(H,17,20). The van der Waals surface area contributed by atoms with Crippen LogP contribution in [0.2, 0.25) is 10.0 Å². The van der Waals surface area contributed by atoms with E-state index in [1.807, 2.05) is 6.07 Å². The van der Waals surface area contributed by atoms with E-state index in [9.17, 15) is 4.79 Å². The SMILES string of the molecule is O=C(NCCOCc1ccc(Cl)cc1Cl)c1ccnnc1. The minimum Gasteiger partial charge on any atom is -0.375 e. The Bertz CT molecular complexity index is 608. The fourth-order valence-corrected chi connectivity index (χ4v) is 2.05. The minimum absolute atomic E-state index is 0.210. The summed E-state index contributed by atoms with van der Waals surface area (Å²) in [6, 6.07) is 6.83. The smallest absolute Gasteiger partial charge is 0.253 e. The van der Waals surface area contributed by atoms with E-state index < -0.39 is 0 Å². The molecule has 0 saturated carbocycles. The van der Waals surface area contributed by atoms with Crippen molar-refractivity contribution in [1.82, 2.24) is 15.5 Å². The Morgan fingerprint density at radius 1 is 1.24 bits per heavy atom. The molecule has 5 nitrogen and oxygen atoms in total. The Labute approximate surface area is 132 Å². The summed E-state index contributed by atoms with van der Waals surface area (Å²) in [4.78, 5) is 11.7. The first-order valence-electron chi connectivity index (χ1n) is 6.23. The van der Waals surface area contributed by atoms with Gasteiger partial charge >= 0.3 is 0 Å². The van der Waals surface area contributed by atoms with Gasteiger partial charge in [0.2, 0.25) is 0 Å². The van der Waals surface area contributed by atoms with Gasteiger partial charge in [0, 0.05) is 16.6 Å². The van der Waals surface area contributed by atoms with Crippen LogP contribution in [-0.4, -0.2) is 29.3 Å². The van der Waals surface area contributed by atoms with Gasteiger partial charge in [-0.25, -0.2) is 0 Å². The molecule has 1 heterocycles. The third-order valence-electron chi connectivity index (χ3n) is 2.65. The number of hydrogen-bond acceptors (Lipinski definition) is 4. The number of nitrogens with one attached hydrogen (secondary N) is 1. The summed E-state index contributed by atoms with van der Waals surface area (Å²) >= 11 is 11.8. The number of benzene rings is 1. The Morgan fingerprint density at radius 3 is 2.81 bits per heavy atom. The van der Waals surface area contributed by atoms with Gasteiger partial charge in [-0.3, -0.25) is 4.79 Å². The summed E-state index contributed by atoms with van der Waals surface area (Å²) in [5.74, 6) is -0.210. The lowest BCUT2D eigenvalue weighted by atomic mass is 10.2. The zero-order valence-corrected chi connectivity index (χ0v) is 12.6. The predicted octanol–water partition coefficient (Wildman–Crippen LogP) is 2.73. The van der Waals surface area contributed by atoms with Crippen molar-refractivity contribution in [1.29, 1.82) is 0 Å². The van der Waals surface area contributed by atoms with Crippen molar-refractivity contribution in [3.63, 3.8) is 0 Å². The highest BCUT2D eigenvalue weighted by atomic mass is 35.5. The molecule has 0 spiro atoms. The Hall–Kier alpha value is -1.69. The monoisotopic (exact) mass is 325 g/mol. The number of carbonyl (C=O) groups is 1. The average Bonchev–Trinajstić information content (AvgIpc) is 2.49. The zero-order valence-electron chi connectivity index (χ0n) is 11.1. The second-order valence-corrected chi connectivity index (χ2v) is 5.02. The molecule has 0 radical (unpaired) electrons. The lowest BCUT2D eigenvalue weighted by Gasteiger charge is -2.08. The third kappa shape index (κ3) is 4.97. The molecule has 1 amide bonds. The van der Waals surface area contributed by atoms with Crippen molar-refractivity contribution >= 4 is 29.1 Å². The van der Waals surface area contributed by atoms with E-state index in [4.69, 9.17) is 27.9 Å². The van der Waals surface area contributed by atoms with Crippen molar-refractivity contribution in [2.75, 3.05) is 13.2 Å². The van der Waals surface area contributed by atoms with Crippen LogP contribution in [0.4, 0.5) is 0 Å². The number of halogens is 2. The molecule has 0 saturated heterocycles. The normalized spacial score (nSPS) is 10.4. The van der Waals surface area contributed by atoms with Crippen LogP contribution < -0.4 is 5.32 Å². The van der Waals surface area contributed by atoms with Crippen molar-refractivity contribution in [3.8, 4) is 0 Å². The van der Waals surface area contributed by atoms with Crippen LogP contribution in [0.1, 0.15) is 15.9 Å². The number of carbonyl (C=O) groups excluding carboxylic acids is 1. The van der Waals surface area contributed by atoms with Gasteiger partial charge in [0.15, 0.2) is 0 Å². The molecule has 0 bridgehead atoms. The van der Waals surface area contributed by atoms with E-state index >= 15 is 0 Å². The Balaban J connectivity index is 1.69. The van der Waals surface area contributed by atoms with Crippen molar-refractivity contribution in [2.24, 2.45) is 0 Å². The number of nitrogens with zero attached hydrogens (tertiary/aromatic N) is 2. The number of ether oxygens (including phenoxy) is 1. The van der Waals surface area contributed by atoms with E-state index in [1.54, 1.807) is 18.2 Å². The van der Waals surface area contributed by atoms with Gasteiger partial charge in [-0.15, -0.1) is 0 Å². The fourth-order valence-electron chi connectivity index (χ4n) is 1.58. The first kappa shape index (κ1) is 15.7. The molecule has 0 unspecified atom stereocenters. The van der Waals surface area contributed by atoms with E-state index in [-0.39, 0.29) is 5.91 Å². The summed E-state index contributed by atoms with van der Waals surface area (Å²) in [6.07, 6.45) is 2.87. The van der Waals surface area contributed by atoms with E-state index in [0.717, 1.165) is 5.56 Å². The second kappa shape index (κ2) is 7.93. The average molecular weight is 326 g/mol. The Kier molecular flexibility index (Phi) is 5.92. The number of aromatic nitrogens is 2. The minimum atomic E-state index is -0.210. The molecular weight excluding hydrogens is 313 g/mol. The molecule has 2 aromatic rings. The van der Waals surface area contributed by atoms with Gasteiger partial charge in [0.05, 0.1) is 31.2 Å². The maximum absolute atomic E-state index is 11.7. The van der Waals surface area contributed by atoms with Crippen LogP contribution in [0.3, 0.4) is 0 Å². The molecule has 0 fully saturated rings. The van der Waals surface area contributed by atoms with Crippen molar-refractivity contribution in [2.45, 2.75) is 6.61 Å². The van der Waals surface area contributed by atoms with Crippen molar-refractivity contribution < 1.29 is 9.53 Å². The Morgan fingerprint density at radius 2 is 2.10 bits per heavy atom. The van der Waals surface area contributed by atoms with Crippen molar-refractivity contribution in [3.05, 3.63) is 57.8 Å². The number of rotatable bonds is 6. The van der Waals surface area contributed by atoms with E-state index in [1.165, 1.54) is 12.4 Å². The van der Waals surface area contributed by atoms with Crippen LogP contribution in [0.5, 0.6) is 0 Å². The topological polar surface area (TPSA) is 64.1 Å². The van der Waals surface area contributed by atoms with Crippen LogP contribution in [0.15, 0.2) is 36.7 Å². The maximum atomic E-state index is 11.7. The molecule has 1 N–H and O–H groups in total. The van der Waals surface area contributed by atoms with Gasteiger partial charge in [0.1, 0.15) is 0 Å². The highest BCUT2D eigenvalue weighted by molar-refractivity contribution is 6.35. The summed E-state index contributed by atoms with van der Waals surface area (Å²) < 4.78 is 5.46. The highest BCUT2D eigenvalue weighted by Crippen LogP contribution is 2.21. The summed E-state index contributed by atoms with van der Waals surface area (Å²) in [6.45, 7) is 1.14.